The lowest BCUT2D eigenvalue weighted by atomic mass is 9.78. The summed E-state index contributed by atoms with van der Waals surface area (Å²) in [6.45, 7) is 0. The standard InChI is InChI=1S/C19H27NO2/c21-19(22)15-10-12-16(13-11-15)20-18-9-5-4-8-17(18)14-6-2-1-3-7-14/h1-3,6-7,15-18,20H,4-5,8-13H2,(H,21,22). The van der Waals surface area contributed by atoms with Crippen LogP contribution < -0.4 is 5.32 Å². The summed E-state index contributed by atoms with van der Waals surface area (Å²) in [6, 6.07) is 11.9. The number of carboxylic acid groups (broad SMARTS) is 1. The van der Waals surface area contributed by atoms with Gasteiger partial charge in [-0.25, -0.2) is 0 Å². The van der Waals surface area contributed by atoms with Crippen LogP contribution >= 0.6 is 0 Å². The van der Waals surface area contributed by atoms with Crippen molar-refractivity contribution in [3.63, 3.8) is 0 Å². The third-order valence-electron chi connectivity index (χ3n) is 5.52. The van der Waals surface area contributed by atoms with Crippen molar-refractivity contribution in [2.24, 2.45) is 5.92 Å². The third-order valence-corrected chi connectivity index (χ3v) is 5.52. The van der Waals surface area contributed by atoms with Crippen LogP contribution in [0.1, 0.15) is 62.8 Å². The third kappa shape index (κ3) is 3.70. The summed E-state index contributed by atoms with van der Waals surface area (Å²) in [5.41, 5.74) is 1.46. The molecule has 120 valence electrons. The van der Waals surface area contributed by atoms with Gasteiger partial charge in [0.15, 0.2) is 0 Å². The predicted molar refractivity (Wildman–Crippen MR) is 88.0 cm³/mol. The minimum atomic E-state index is -0.613. The molecule has 0 aliphatic heterocycles. The maximum Gasteiger partial charge on any atom is 0.306 e. The molecule has 2 unspecified atom stereocenters. The van der Waals surface area contributed by atoms with Gasteiger partial charge < -0.3 is 10.4 Å². The zero-order chi connectivity index (χ0) is 15.4. The molecule has 2 atom stereocenters. The second kappa shape index (κ2) is 7.28. The minimum absolute atomic E-state index is 0.116. The molecule has 3 heteroatoms. The van der Waals surface area contributed by atoms with Crippen molar-refractivity contribution in [2.45, 2.75) is 69.4 Å². The first kappa shape index (κ1) is 15.5. The van der Waals surface area contributed by atoms with Crippen LogP contribution in [0.25, 0.3) is 0 Å². The molecular formula is C19H27NO2. The maximum atomic E-state index is 11.1. The fourth-order valence-corrected chi connectivity index (χ4v) is 4.24. The lowest BCUT2D eigenvalue weighted by Gasteiger charge is -2.37. The van der Waals surface area contributed by atoms with Crippen molar-refractivity contribution in [1.82, 2.24) is 5.32 Å². The molecule has 2 saturated carbocycles. The topological polar surface area (TPSA) is 49.3 Å². The highest BCUT2D eigenvalue weighted by molar-refractivity contribution is 5.70. The molecule has 3 nitrogen and oxygen atoms in total. The molecular weight excluding hydrogens is 274 g/mol. The highest BCUT2D eigenvalue weighted by Gasteiger charge is 2.31. The van der Waals surface area contributed by atoms with E-state index in [0.717, 1.165) is 25.7 Å². The Balaban J connectivity index is 1.59. The van der Waals surface area contributed by atoms with Crippen molar-refractivity contribution >= 4 is 5.97 Å². The Labute approximate surface area is 133 Å². The molecule has 22 heavy (non-hydrogen) atoms. The van der Waals surface area contributed by atoms with E-state index in [-0.39, 0.29) is 5.92 Å². The van der Waals surface area contributed by atoms with E-state index in [1.807, 2.05) is 0 Å². The second-order valence-corrected chi connectivity index (χ2v) is 6.96. The van der Waals surface area contributed by atoms with Crippen molar-refractivity contribution in [3.05, 3.63) is 35.9 Å². The average molecular weight is 301 g/mol. The van der Waals surface area contributed by atoms with Gasteiger partial charge in [0.2, 0.25) is 0 Å². The highest BCUT2D eigenvalue weighted by Crippen LogP contribution is 2.34. The van der Waals surface area contributed by atoms with E-state index in [0.29, 0.717) is 18.0 Å². The van der Waals surface area contributed by atoms with E-state index in [4.69, 9.17) is 5.11 Å². The molecule has 0 spiro atoms. The zero-order valence-corrected chi connectivity index (χ0v) is 13.2. The van der Waals surface area contributed by atoms with E-state index in [1.165, 1.54) is 31.2 Å². The van der Waals surface area contributed by atoms with Gasteiger partial charge in [0.25, 0.3) is 0 Å². The van der Waals surface area contributed by atoms with Crippen LogP contribution in [0.2, 0.25) is 0 Å². The fourth-order valence-electron chi connectivity index (χ4n) is 4.24. The van der Waals surface area contributed by atoms with Crippen LogP contribution in [0.5, 0.6) is 0 Å². The Morgan fingerprint density at radius 2 is 1.64 bits per heavy atom. The van der Waals surface area contributed by atoms with Gasteiger partial charge >= 0.3 is 5.97 Å². The van der Waals surface area contributed by atoms with Gasteiger partial charge in [-0.15, -0.1) is 0 Å². The van der Waals surface area contributed by atoms with E-state index in [2.05, 4.69) is 35.6 Å². The minimum Gasteiger partial charge on any atom is -0.481 e. The number of hydrogen-bond donors (Lipinski definition) is 2. The van der Waals surface area contributed by atoms with E-state index in [9.17, 15) is 4.79 Å². The lowest BCUT2D eigenvalue weighted by molar-refractivity contribution is -0.142. The number of benzene rings is 1. The molecule has 2 aliphatic rings. The van der Waals surface area contributed by atoms with Gasteiger partial charge in [-0.3, -0.25) is 4.79 Å². The van der Waals surface area contributed by atoms with Gasteiger partial charge in [0.1, 0.15) is 0 Å². The monoisotopic (exact) mass is 301 g/mol. The summed E-state index contributed by atoms with van der Waals surface area (Å²) in [6.07, 6.45) is 8.83. The van der Waals surface area contributed by atoms with E-state index in [1.54, 1.807) is 0 Å². The van der Waals surface area contributed by atoms with Gasteiger partial charge in [-0.05, 0) is 50.0 Å². The van der Waals surface area contributed by atoms with Crippen molar-refractivity contribution in [3.8, 4) is 0 Å². The highest BCUT2D eigenvalue weighted by atomic mass is 16.4. The number of carbonyl (C=O) groups is 1. The lowest BCUT2D eigenvalue weighted by Crippen LogP contribution is -2.45. The van der Waals surface area contributed by atoms with E-state index >= 15 is 0 Å². The smallest absolute Gasteiger partial charge is 0.306 e. The van der Waals surface area contributed by atoms with Crippen LogP contribution in [0.4, 0.5) is 0 Å². The molecule has 0 heterocycles. The molecule has 0 radical (unpaired) electrons. The maximum absolute atomic E-state index is 11.1. The first-order valence-electron chi connectivity index (χ1n) is 8.78. The number of carboxylic acids is 1. The number of nitrogens with one attached hydrogen (secondary N) is 1. The molecule has 0 bridgehead atoms. The molecule has 0 aromatic heterocycles. The molecule has 0 amide bonds. The molecule has 1 aromatic carbocycles. The molecule has 3 rings (SSSR count). The van der Waals surface area contributed by atoms with Gasteiger partial charge in [0.05, 0.1) is 5.92 Å². The Kier molecular flexibility index (Phi) is 5.14. The Hall–Kier alpha value is -1.35. The number of hydrogen-bond acceptors (Lipinski definition) is 2. The SMILES string of the molecule is O=C(O)C1CCC(NC2CCCCC2c2ccccc2)CC1. The van der Waals surface area contributed by atoms with E-state index < -0.39 is 5.97 Å². The normalized spacial score (nSPS) is 32.5. The summed E-state index contributed by atoms with van der Waals surface area (Å²) in [5.74, 6) is -0.111. The predicted octanol–water partition coefficient (Wildman–Crippen LogP) is 3.95. The van der Waals surface area contributed by atoms with Gasteiger partial charge in [-0.2, -0.15) is 0 Å². The van der Waals surface area contributed by atoms with Crippen LogP contribution in [-0.4, -0.2) is 23.2 Å². The molecule has 2 N–H and O–H groups in total. The average Bonchev–Trinajstić information content (AvgIpc) is 2.57. The summed E-state index contributed by atoms with van der Waals surface area (Å²) < 4.78 is 0. The Morgan fingerprint density at radius 3 is 2.32 bits per heavy atom. The van der Waals surface area contributed by atoms with Crippen molar-refractivity contribution in [2.75, 3.05) is 0 Å². The molecule has 0 saturated heterocycles. The van der Waals surface area contributed by atoms with Crippen LogP contribution in [0.15, 0.2) is 30.3 Å². The van der Waals surface area contributed by atoms with Crippen LogP contribution in [0, 0.1) is 5.92 Å². The zero-order valence-electron chi connectivity index (χ0n) is 13.2. The summed E-state index contributed by atoms with van der Waals surface area (Å²) >= 11 is 0. The largest absolute Gasteiger partial charge is 0.481 e. The van der Waals surface area contributed by atoms with Crippen molar-refractivity contribution in [1.29, 1.82) is 0 Å². The molecule has 1 aromatic rings. The van der Waals surface area contributed by atoms with Crippen LogP contribution in [-0.2, 0) is 4.79 Å². The van der Waals surface area contributed by atoms with Crippen LogP contribution in [0.3, 0.4) is 0 Å². The number of aliphatic carboxylic acids is 1. The molecule has 2 aliphatic carbocycles. The summed E-state index contributed by atoms with van der Waals surface area (Å²) in [4.78, 5) is 11.1. The quantitative estimate of drug-likeness (QED) is 0.885. The van der Waals surface area contributed by atoms with Crippen molar-refractivity contribution < 1.29 is 9.90 Å². The Morgan fingerprint density at radius 1 is 0.955 bits per heavy atom. The van der Waals surface area contributed by atoms with Gasteiger partial charge in [-0.1, -0.05) is 43.2 Å². The first-order chi connectivity index (χ1) is 10.7. The number of rotatable bonds is 4. The Bertz CT molecular complexity index is 479. The first-order valence-corrected chi connectivity index (χ1v) is 8.78. The summed E-state index contributed by atoms with van der Waals surface area (Å²) in [5, 5.41) is 13.0. The summed E-state index contributed by atoms with van der Waals surface area (Å²) in [7, 11) is 0. The fraction of sp³-hybridized carbons (Fsp3) is 0.632. The molecule has 2 fully saturated rings. The second-order valence-electron chi connectivity index (χ2n) is 6.96. The van der Waals surface area contributed by atoms with Gasteiger partial charge in [0, 0.05) is 12.1 Å².